The second-order valence-corrected chi connectivity index (χ2v) is 7.20. The van der Waals surface area contributed by atoms with E-state index < -0.39 is 0 Å². The van der Waals surface area contributed by atoms with Crippen molar-refractivity contribution in [3.63, 3.8) is 0 Å². The van der Waals surface area contributed by atoms with Crippen molar-refractivity contribution in [1.29, 1.82) is 0 Å². The Labute approximate surface area is 143 Å². The Bertz CT molecular complexity index is 390. The number of aromatic nitrogens is 2. The summed E-state index contributed by atoms with van der Waals surface area (Å²) < 4.78 is 10.7. The van der Waals surface area contributed by atoms with Crippen molar-refractivity contribution in [3.8, 4) is 0 Å². The van der Waals surface area contributed by atoms with Gasteiger partial charge in [-0.1, -0.05) is 71.1 Å². The van der Waals surface area contributed by atoms with Crippen LogP contribution in [-0.4, -0.2) is 10.7 Å². The van der Waals surface area contributed by atoms with E-state index in [2.05, 4.69) is 34.8 Å². The predicted octanol–water partition coefficient (Wildman–Crippen LogP) is 5.22. The molecule has 0 bridgehead atoms. The first-order chi connectivity index (χ1) is 11.4. The minimum atomic E-state index is 0.459. The third kappa shape index (κ3) is 8.01. The van der Waals surface area contributed by atoms with Crippen LogP contribution in [0.4, 0.5) is 0 Å². The summed E-state index contributed by atoms with van der Waals surface area (Å²) in [7, 11) is 0. The monoisotopic (exact) mass is 321 g/mol. The standard InChI is InChI=1S/C20H37N2O/c1-2-3-15-21-16-17-22(18-21)19-23-20-13-11-9-7-5-4-6-8-10-12-14-20/h16-18,20H,2-15,19H2,1H3/q+1. The Balaban J connectivity index is 1.72. The average Bonchev–Trinajstić information content (AvgIpc) is 3.00. The Morgan fingerprint density at radius 3 is 2.17 bits per heavy atom. The van der Waals surface area contributed by atoms with E-state index in [1.54, 1.807) is 0 Å². The van der Waals surface area contributed by atoms with Gasteiger partial charge in [-0.25, -0.2) is 9.13 Å². The maximum atomic E-state index is 6.24. The van der Waals surface area contributed by atoms with Gasteiger partial charge in [0.1, 0.15) is 12.4 Å². The maximum Gasteiger partial charge on any atom is 0.245 e. The maximum absolute atomic E-state index is 6.24. The van der Waals surface area contributed by atoms with Crippen molar-refractivity contribution in [2.45, 2.75) is 110 Å². The molecule has 0 radical (unpaired) electrons. The highest BCUT2D eigenvalue weighted by Crippen LogP contribution is 2.18. The lowest BCUT2D eigenvalue weighted by molar-refractivity contribution is -0.734. The van der Waals surface area contributed by atoms with Crippen molar-refractivity contribution in [3.05, 3.63) is 18.7 Å². The Morgan fingerprint density at radius 2 is 1.57 bits per heavy atom. The number of rotatable bonds is 6. The third-order valence-electron chi connectivity index (χ3n) is 5.03. The van der Waals surface area contributed by atoms with Crippen LogP contribution < -0.4 is 4.57 Å². The van der Waals surface area contributed by atoms with Gasteiger partial charge in [-0.2, -0.15) is 0 Å². The lowest BCUT2D eigenvalue weighted by atomic mass is 9.99. The highest BCUT2D eigenvalue weighted by atomic mass is 16.5. The van der Waals surface area contributed by atoms with Crippen LogP contribution in [0.2, 0.25) is 0 Å². The topological polar surface area (TPSA) is 18.0 Å². The molecule has 0 unspecified atom stereocenters. The van der Waals surface area contributed by atoms with Crippen molar-refractivity contribution in [2.24, 2.45) is 0 Å². The van der Waals surface area contributed by atoms with Gasteiger partial charge in [0, 0.05) is 0 Å². The second kappa shape index (κ2) is 11.7. The zero-order valence-corrected chi connectivity index (χ0v) is 15.2. The largest absolute Gasteiger partial charge is 0.338 e. The lowest BCUT2D eigenvalue weighted by Crippen LogP contribution is -2.35. The molecule has 23 heavy (non-hydrogen) atoms. The molecule has 1 aliphatic rings. The van der Waals surface area contributed by atoms with Crippen molar-refractivity contribution in [1.82, 2.24) is 4.57 Å². The Kier molecular flexibility index (Phi) is 9.39. The molecule has 1 heterocycles. The van der Waals surface area contributed by atoms with Gasteiger partial charge in [0.25, 0.3) is 0 Å². The van der Waals surface area contributed by atoms with Crippen LogP contribution in [0.5, 0.6) is 0 Å². The van der Waals surface area contributed by atoms with Gasteiger partial charge >= 0.3 is 0 Å². The molecule has 0 amide bonds. The number of nitrogens with zero attached hydrogens (tertiary/aromatic N) is 2. The molecule has 3 heteroatoms. The molecule has 0 spiro atoms. The second-order valence-electron chi connectivity index (χ2n) is 7.20. The molecule has 0 aliphatic heterocycles. The highest BCUT2D eigenvalue weighted by molar-refractivity contribution is 4.66. The van der Waals surface area contributed by atoms with Crippen molar-refractivity contribution in [2.75, 3.05) is 0 Å². The van der Waals surface area contributed by atoms with E-state index in [9.17, 15) is 0 Å². The first-order valence-corrected chi connectivity index (χ1v) is 10.0. The van der Waals surface area contributed by atoms with E-state index in [0.29, 0.717) is 12.8 Å². The zero-order valence-electron chi connectivity index (χ0n) is 15.2. The molecule has 132 valence electrons. The van der Waals surface area contributed by atoms with Gasteiger partial charge in [-0.3, -0.25) is 0 Å². The third-order valence-corrected chi connectivity index (χ3v) is 5.03. The van der Waals surface area contributed by atoms with Gasteiger partial charge in [0.2, 0.25) is 6.33 Å². The molecule has 1 aromatic rings. The first kappa shape index (κ1) is 18.5. The predicted molar refractivity (Wildman–Crippen MR) is 95.2 cm³/mol. The molecule has 1 aromatic heterocycles. The molecule has 0 saturated heterocycles. The van der Waals surface area contributed by atoms with Crippen LogP contribution in [0, 0.1) is 0 Å². The van der Waals surface area contributed by atoms with Gasteiger partial charge in [-0.05, 0) is 19.3 Å². The first-order valence-electron chi connectivity index (χ1n) is 10.0. The number of imidazole rings is 1. The number of hydrogen-bond acceptors (Lipinski definition) is 1. The zero-order chi connectivity index (χ0) is 16.2. The molecule has 0 atom stereocenters. The number of aryl methyl sites for hydroxylation is 1. The van der Waals surface area contributed by atoms with E-state index >= 15 is 0 Å². The smallest absolute Gasteiger partial charge is 0.245 e. The quantitative estimate of drug-likeness (QED) is 0.657. The van der Waals surface area contributed by atoms with Gasteiger partial charge < -0.3 is 4.74 Å². The molecule has 0 N–H and O–H groups in total. The van der Waals surface area contributed by atoms with Crippen LogP contribution in [0.1, 0.15) is 90.4 Å². The van der Waals surface area contributed by atoms with E-state index in [1.165, 1.54) is 83.5 Å². The fourth-order valence-corrected chi connectivity index (χ4v) is 3.47. The van der Waals surface area contributed by atoms with Crippen LogP contribution in [0.3, 0.4) is 0 Å². The number of unbranched alkanes of at least 4 members (excludes halogenated alkanes) is 1. The highest BCUT2D eigenvalue weighted by Gasteiger charge is 2.12. The summed E-state index contributed by atoms with van der Waals surface area (Å²) in [4.78, 5) is 0. The fraction of sp³-hybridized carbons (Fsp3) is 0.850. The summed E-state index contributed by atoms with van der Waals surface area (Å²) in [5, 5.41) is 0. The summed E-state index contributed by atoms with van der Waals surface area (Å²) in [6.45, 7) is 4.07. The van der Waals surface area contributed by atoms with Crippen molar-refractivity contribution >= 4 is 0 Å². The molecule has 1 saturated carbocycles. The Hall–Kier alpha value is -0.830. The summed E-state index contributed by atoms with van der Waals surface area (Å²) in [6, 6.07) is 0. The molecule has 1 fully saturated rings. The summed E-state index contributed by atoms with van der Waals surface area (Å²) in [5.41, 5.74) is 0. The van der Waals surface area contributed by atoms with E-state index in [0.717, 1.165) is 6.54 Å². The van der Waals surface area contributed by atoms with Gasteiger partial charge in [0.05, 0.1) is 12.6 Å². The minimum Gasteiger partial charge on any atom is -0.338 e. The van der Waals surface area contributed by atoms with Crippen LogP contribution in [-0.2, 0) is 18.0 Å². The number of ether oxygens (including phenoxy) is 1. The molecule has 1 aliphatic carbocycles. The fourth-order valence-electron chi connectivity index (χ4n) is 3.47. The van der Waals surface area contributed by atoms with Gasteiger partial charge in [-0.15, -0.1) is 0 Å². The van der Waals surface area contributed by atoms with Crippen molar-refractivity contribution < 1.29 is 9.30 Å². The Morgan fingerprint density at radius 1 is 0.957 bits per heavy atom. The van der Waals surface area contributed by atoms with Gasteiger partial charge in [0.15, 0.2) is 6.73 Å². The van der Waals surface area contributed by atoms with Crippen LogP contribution in [0.15, 0.2) is 18.7 Å². The average molecular weight is 322 g/mol. The SMILES string of the molecule is CCCCn1cc[n+](COC2CCCCCCCCCCC2)c1. The number of hydrogen-bond donors (Lipinski definition) is 0. The van der Waals surface area contributed by atoms with Crippen LogP contribution >= 0.6 is 0 Å². The summed E-state index contributed by atoms with van der Waals surface area (Å²) >= 11 is 0. The van der Waals surface area contributed by atoms with E-state index in [1.807, 2.05) is 0 Å². The normalized spacial score (nSPS) is 19.2. The summed E-state index contributed by atoms with van der Waals surface area (Å²) in [5.74, 6) is 0. The molecule has 2 rings (SSSR count). The van der Waals surface area contributed by atoms with Crippen LogP contribution in [0.25, 0.3) is 0 Å². The molecular formula is C20H37N2O+. The summed E-state index contributed by atoms with van der Waals surface area (Å²) in [6.07, 6.45) is 24.6. The van der Waals surface area contributed by atoms with E-state index in [-0.39, 0.29) is 0 Å². The van der Waals surface area contributed by atoms with E-state index in [4.69, 9.17) is 4.74 Å². The molecule has 0 aromatic carbocycles. The lowest BCUT2D eigenvalue weighted by Gasteiger charge is -2.17. The molecule has 3 nitrogen and oxygen atoms in total. The minimum absolute atomic E-state index is 0.459. The molecular weight excluding hydrogens is 284 g/mol.